The first-order chi connectivity index (χ1) is 19.1. The summed E-state index contributed by atoms with van der Waals surface area (Å²) in [5.74, 6) is -1.71. The molecule has 0 aromatic carbocycles. The molecule has 0 saturated carbocycles. The summed E-state index contributed by atoms with van der Waals surface area (Å²) in [6, 6.07) is 0. The number of unbranched alkanes of at least 4 members (excludes halogenated alkanes) is 27. The summed E-state index contributed by atoms with van der Waals surface area (Å²) in [7, 11) is 0. The third kappa shape index (κ3) is 28.5. The molecule has 0 amide bonds. The SMILES string of the molecule is CCCCCCCCCCCCCCCCCC(=O)C(CCCCCCCCCCCCCCCC)C(=O)O. The Morgan fingerprint density at radius 3 is 0.949 bits per heavy atom. The first-order valence-corrected chi connectivity index (χ1v) is 17.9. The summed E-state index contributed by atoms with van der Waals surface area (Å²) in [5.41, 5.74) is 0. The lowest BCUT2D eigenvalue weighted by Crippen LogP contribution is -2.23. The summed E-state index contributed by atoms with van der Waals surface area (Å²) in [6.07, 6.45) is 38.6. The van der Waals surface area contributed by atoms with Crippen LogP contribution < -0.4 is 0 Å². The van der Waals surface area contributed by atoms with Gasteiger partial charge in [0, 0.05) is 6.42 Å². The molecule has 0 fully saturated rings. The van der Waals surface area contributed by atoms with Gasteiger partial charge in [-0.3, -0.25) is 9.59 Å². The van der Waals surface area contributed by atoms with Crippen LogP contribution in [0.5, 0.6) is 0 Å². The fourth-order valence-electron chi connectivity index (χ4n) is 5.81. The van der Waals surface area contributed by atoms with Gasteiger partial charge in [0.1, 0.15) is 11.7 Å². The average Bonchev–Trinajstić information content (AvgIpc) is 2.92. The first-order valence-electron chi connectivity index (χ1n) is 17.9. The van der Waals surface area contributed by atoms with Crippen molar-refractivity contribution in [2.75, 3.05) is 0 Å². The van der Waals surface area contributed by atoms with Gasteiger partial charge in [-0.05, 0) is 12.8 Å². The lowest BCUT2D eigenvalue weighted by atomic mass is 9.93. The first kappa shape index (κ1) is 38.1. The van der Waals surface area contributed by atoms with E-state index < -0.39 is 11.9 Å². The van der Waals surface area contributed by atoms with Gasteiger partial charge in [-0.2, -0.15) is 0 Å². The number of Topliss-reactive ketones (excluding diaryl/α,β-unsaturated/α-hetero) is 1. The van der Waals surface area contributed by atoms with Gasteiger partial charge in [-0.1, -0.05) is 194 Å². The molecule has 3 heteroatoms. The number of carbonyl (C=O) groups is 2. The van der Waals surface area contributed by atoms with Gasteiger partial charge in [0.2, 0.25) is 0 Å². The van der Waals surface area contributed by atoms with Crippen LogP contribution >= 0.6 is 0 Å². The Labute approximate surface area is 245 Å². The monoisotopic (exact) mass is 551 g/mol. The smallest absolute Gasteiger partial charge is 0.314 e. The number of hydrogen-bond acceptors (Lipinski definition) is 2. The van der Waals surface area contributed by atoms with Crippen molar-refractivity contribution in [1.82, 2.24) is 0 Å². The zero-order valence-corrected chi connectivity index (χ0v) is 26.8. The van der Waals surface area contributed by atoms with Crippen LogP contribution in [0.4, 0.5) is 0 Å². The van der Waals surface area contributed by atoms with Gasteiger partial charge in [-0.15, -0.1) is 0 Å². The molecule has 39 heavy (non-hydrogen) atoms. The largest absolute Gasteiger partial charge is 0.481 e. The van der Waals surface area contributed by atoms with Crippen molar-refractivity contribution in [3.05, 3.63) is 0 Å². The third-order valence-corrected chi connectivity index (χ3v) is 8.56. The molecule has 0 aliphatic rings. The van der Waals surface area contributed by atoms with Crippen LogP contribution in [0.1, 0.15) is 213 Å². The minimum atomic E-state index is -0.907. The van der Waals surface area contributed by atoms with E-state index in [2.05, 4.69) is 13.8 Å². The Kier molecular flexibility index (Phi) is 31.0. The lowest BCUT2D eigenvalue weighted by molar-refractivity contribution is -0.146. The minimum Gasteiger partial charge on any atom is -0.481 e. The Hall–Kier alpha value is -0.860. The van der Waals surface area contributed by atoms with E-state index in [4.69, 9.17) is 0 Å². The summed E-state index contributed by atoms with van der Waals surface area (Å²) < 4.78 is 0. The average molecular weight is 551 g/mol. The van der Waals surface area contributed by atoms with Gasteiger partial charge in [0.05, 0.1) is 0 Å². The molecule has 0 aliphatic heterocycles. The second-order valence-electron chi connectivity index (χ2n) is 12.4. The van der Waals surface area contributed by atoms with Crippen LogP contribution in [-0.4, -0.2) is 16.9 Å². The van der Waals surface area contributed by atoms with Gasteiger partial charge in [0.15, 0.2) is 0 Å². The summed E-state index contributed by atoms with van der Waals surface area (Å²) in [4.78, 5) is 24.1. The van der Waals surface area contributed by atoms with Crippen LogP contribution in [-0.2, 0) is 9.59 Å². The zero-order chi connectivity index (χ0) is 28.7. The quantitative estimate of drug-likeness (QED) is 0.0653. The molecule has 0 heterocycles. The second-order valence-corrected chi connectivity index (χ2v) is 12.4. The van der Waals surface area contributed by atoms with Crippen LogP contribution in [0.3, 0.4) is 0 Å². The molecule has 1 unspecified atom stereocenters. The number of ketones is 1. The van der Waals surface area contributed by atoms with Crippen molar-refractivity contribution < 1.29 is 14.7 Å². The molecule has 0 saturated heterocycles. The zero-order valence-electron chi connectivity index (χ0n) is 26.8. The standard InChI is InChI=1S/C36H70O3/c1-3-5-7-9-11-13-15-17-19-21-23-25-27-29-31-33-35(37)34(36(38)39)32-30-28-26-24-22-20-18-16-14-12-10-8-6-4-2/h34H,3-33H2,1-2H3,(H,38,39). The maximum absolute atomic E-state index is 12.5. The molecule has 0 spiro atoms. The van der Waals surface area contributed by atoms with Crippen molar-refractivity contribution in [3.63, 3.8) is 0 Å². The van der Waals surface area contributed by atoms with Gasteiger partial charge in [0.25, 0.3) is 0 Å². The number of carboxylic acids is 1. The van der Waals surface area contributed by atoms with E-state index in [1.165, 1.54) is 161 Å². The number of aliphatic carboxylic acids is 1. The van der Waals surface area contributed by atoms with Crippen LogP contribution in [0, 0.1) is 5.92 Å². The van der Waals surface area contributed by atoms with Gasteiger partial charge < -0.3 is 5.11 Å². The van der Waals surface area contributed by atoms with Gasteiger partial charge in [-0.25, -0.2) is 0 Å². The van der Waals surface area contributed by atoms with E-state index in [1.807, 2.05) is 0 Å². The molecule has 0 aliphatic carbocycles. The normalized spacial score (nSPS) is 12.2. The summed E-state index contributed by atoms with van der Waals surface area (Å²) >= 11 is 0. The number of hydrogen-bond donors (Lipinski definition) is 1. The third-order valence-electron chi connectivity index (χ3n) is 8.56. The molecule has 0 radical (unpaired) electrons. The van der Waals surface area contributed by atoms with Gasteiger partial charge >= 0.3 is 5.97 Å². The highest BCUT2D eigenvalue weighted by molar-refractivity contribution is 5.98. The van der Waals surface area contributed by atoms with Crippen molar-refractivity contribution in [1.29, 1.82) is 0 Å². The molecule has 1 atom stereocenters. The van der Waals surface area contributed by atoms with Crippen molar-refractivity contribution >= 4 is 11.8 Å². The highest BCUT2D eigenvalue weighted by Crippen LogP contribution is 2.19. The minimum absolute atomic E-state index is 0.0353. The second kappa shape index (κ2) is 31.7. The van der Waals surface area contributed by atoms with E-state index >= 15 is 0 Å². The van der Waals surface area contributed by atoms with Crippen molar-refractivity contribution in [2.45, 2.75) is 213 Å². The van der Waals surface area contributed by atoms with E-state index in [1.54, 1.807) is 0 Å². The Bertz CT molecular complexity index is 515. The van der Waals surface area contributed by atoms with Crippen LogP contribution in [0.15, 0.2) is 0 Å². The van der Waals surface area contributed by atoms with Crippen molar-refractivity contribution in [3.8, 4) is 0 Å². The van der Waals surface area contributed by atoms with Crippen LogP contribution in [0.25, 0.3) is 0 Å². The maximum atomic E-state index is 12.5. The molecule has 0 aromatic heterocycles. The molecule has 0 bridgehead atoms. The number of carbonyl (C=O) groups excluding carboxylic acids is 1. The van der Waals surface area contributed by atoms with E-state index in [0.717, 1.165) is 25.7 Å². The van der Waals surface area contributed by atoms with Crippen LogP contribution in [0.2, 0.25) is 0 Å². The fourth-order valence-corrected chi connectivity index (χ4v) is 5.81. The van der Waals surface area contributed by atoms with Crippen molar-refractivity contribution in [2.24, 2.45) is 5.92 Å². The topological polar surface area (TPSA) is 54.4 Å². The predicted octanol–water partition coefficient (Wildman–Crippen LogP) is 12.4. The Balaban J connectivity index is 3.53. The summed E-state index contributed by atoms with van der Waals surface area (Å²) in [5, 5.41) is 9.55. The molecule has 0 aromatic rings. The van der Waals surface area contributed by atoms with E-state index in [0.29, 0.717) is 12.8 Å². The number of rotatable bonds is 33. The molecule has 3 nitrogen and oxygen atoms in total. The Morgan fingerprint density at radius 1 is 0.410 bits per heavy atom. The molecule has 232 valence electrons. The highest BCUT2D eigenvalue weighted by Gasteiger charge is 2.24. The lowest BCUT2D eigenvalue weighted by Gasteiger charge is -2.11. The molecule has 1 N–H and O–H groups in total. The Morgan fingerprint density at radius 2 is 0.667 bits per heavy atom. The summed E-state index contributed by atoms with van der Waals surface area (Å²) in [6.45, 7) is 4.54. The molecular weight excluding hydrogens is 480 g/mol. The number of carboxylic acid groups (broad SMARTS) is 1. The maximum Gasteiger partial charge on any atom is 0.314 e. The van der Waals surface area contributed by atoms with E-state index in [-0.39, 0.29) is 5.78 Å². The van der Waals surface area contributed by atoms with E-state index in [9.17, 15) is 14.7 Å². The predicted molar refractivity (Wildman–Crippen MR) is 171 cm³/mol. The molecular formula is C36H70O3. The molecule has 0 rings (SSSR count). The fraction of sp³-hybridized carbons (Fsp3) is 0.944. The highest BCUT2D eigenvalue weighted by atomic mass is 16.4.